The van der Waals surface area contributed by atoms with E-state index in [0.29, 0.717) is 37.2 Å². The maximum Gasteiger partial charge on any atom is 0.264 e. The summed E-state index contributed by atoms with van der Waals surface area (Å²) in [7, 11) is 2.17. The summed E-state index contributed by atoms with van der Waals surface area (Å²) in [6, 6.07) is 15.7. The van der Waals surface area contributed by atoms with Gasteiger partial charge in [-0.3, -0.25) is 4.79 Å². The van der Waals surface area contributed by atoms with E-state index in [1.54, 1.807) is 0 Å². The highest BCUT2D eigenvalue weighted by Crippen LogP contribution is 2.39. The minimum absolute atomic E-state index is 0.0346. The molecule has 7 heteroatoms. The molecule has 2 aliphatic heterocycles. The molecule has 2 aliphatic rings. The molecule has 1 saturated heterocycles. The van der Waals surface area contributed by atoms with Crippen LogP contribution in [0.15, 0.2) is 53.9 Å². The minimum atomic E-state index is 0.0346. The predicted molar refractivity (Wildman–Crippen MR) is 137 cm³/mol. The van der Waals surface area contributed by atoms with Crippen molar-refractivity contribution in [2.24, 2.45) is 5.92 Å². The van der Waals surface area contributed by atoms with Gasteiger partial charge in [-0.15, -0.1) is 11.3 Å². The summed E-state index contributed by atoms with van der Waals surface area (Å²) in [5.74, 6) is 2.02. The average Bonchev–Trinajstić information content (AvgIpc) is 3.29. The summed E-state index contributed by atoms with van der Waals surface area (Å²) in [6.45, 7) is 4.28. The summed E-state index contributed by atoms with van der Waals surface area (Å²) in [4.78, 5) is 18.1. The van der Waals surface area contributed by atoms with Gasteiger partial charge >= 0.3 is 0 Å². The van der Waals surface area contributed by atoms with E-state index in [-0.39, 0.29) is 5.91 Å². The van der Waals surface area contributed by atoms with Crippen LogP contribution in [0.2, 0.25) is 5.02 Å². The third-order valence-electron chi connectivity index (χ3n) is 6.47. The lowest BCUT2D eigenvalue weighted by Gasteiger charge is -2.29. The molecule has 0 aliphatic carbocycles. The molecule has 1 atom stereocenters. The molecule has 1 unspecified atom stereocenters. The standard InChI is InChI=1S/C27H29ClN2O3S/c1-29-9-3-5-19(16-29)18-33-24-15-21(20-6-2-7-23(28)14-20)13-22-17-30(10-11-32-26(22)24)27(31)25-8-4-12-34-25/h2,4,6-8,12-15,19H,3,5,9-11,16-18H2,1H3. The molecule has 1 amide bonds. The number of benzene rings is 2. The number of carbonyl (C=O) groups excluding carboxylic acids is 1. The number of hydrogen-bond acceptors (Lipinski definition) is 5. The van der Waals surface area contributed by atoms with Crippen LogP contribution in [0.5, 0.6) is 11.5 Å². The van der Waals surface area contributed by atoms with Gasteiger partial charge in [0.25, 0.3) is 5.91 Å². The van der Waals surface area contributed by atoms with Gasteiger partial charge in [-0.1, -0.05) is 29.8 Å². The molecule has 0 bridgehead atoms. The number of thiophene rings is 1. The lowest BCUT2D eigenvalue weighted by molar-refractivity contribution is 0.0738. The first-order valence-corrected chi connectivity index (χ1v) is 13.0. The first-order chi connectivity index (χ1) is 16.6. The lowest BCUT2D eigenvalue weighted by Crippen LogP contribution is -2.34. The molecule has 1 aromatic heterocycles. The Kier molecular flexibility index (Phi) is 7.09. The molecule has 0 spiro atoms. The quantitative estimate of drug-likeness (QED) is 0.446. The molecule has 0 radical (unpaired) electrons. The highest BCUT2D eigenvalue weighted by Gasteiger charge is 2.26. The van der Waals surface area contributed by atoms with Crippen LogP contribution in [0.3, 0.4) is 0 Å². The van der Waals surface area contributed by atoms with Gasteiger partial charge in [-0.05, 0) is 73.3 Å². The highest BCUT2D eigenvalue weighted by atomic mass is 35.5. The van der Waals surface area contributed by atoms with Gasteiger partial charge in [-0.2, -0.15) is 0 Å². The van der Waals surface area contributed by atoms with Crippen LogP contribution in [-0.4, -0.2) is 55.6 Å². The number of ether oxygens (including phenoxy) is 2. The van der Waals surface area contributed by atoms with Crippen molar-refractivity contribution in [1.29, 1.82) is 0 Å². The van der Waals surface area contributed by atoms with E-state index in [4.69, 9.17) is 21.1 Å². The summed E-state index contributed by atoms with van der Waals surface area (Å²) in [5, 5.41) is 2.62. The molecule has 5 rings (SSSR count). The van der Waals surface area contributed by atoms with Gasteiger partial charge in [0.2, 0.25) is 0 Å². The molecular formula is C27H29ClN2O3S. The van der Waals surface area contributed by atoms with E-state index in [0.717, 1.165) is 46.2 Å². The molecule has 0 N–H and O–H groups in total. The first-order valence-electron chi connectivity index (χ1n) is 11.8. The molecule has 178 valence electrons. The Morgan fingerprint density at radius 2 is 2.09 bits per heavy atom. The number of halogens is 1. The van der Waals surface area contributed by atoms with Gasteiger partial charge in [0, 0.05) is 29.6 Å². The number of fused-ring (bicyclic) bond motifs is 1. The van der Waals surface area contributed by atoms with Crippen LogP contribution in [0, 0.1) is 5.92 Å². The maximum absolute atomic E-state index is 13.1. The average molecular weight is 497 g/mol. The number of likely N-dealkylation sites (tertiary alicyclic amines) is 1. The fourth-order valence-electron chi connectivity index (χ4n) is 4.77. The molecule has 3 aromatic rings. The topological polar surface area (TPSA) is 42.0 Å². The fourth-order valence-corrected chi connectivity index (χ4v) is 5.65. The van der Waals surface area contributed by atoms with E-state index in [1.807, 2.05) is 52.7 Å². The Balaban J connectivity index is 1.47. The van der Waals surface area contributed by atoms with E-state index >= 15 is 0 Å². The minimum Gasteiger partial charge on any atom is -0.489 e. The Bertz CT molecular complexity index is 1150. The van der Waals surface area contributed by atoms with Gasteiger partial charge in [0.1, 0.15) is 6.61 Å². The largest absolute Gasteiger partial charge is 0.489 e. The number of amides is 1. The Morgan fingerprint density at radius 3 is 2.88 bits per heavy atom. The lowest BCUT2D eigenvalue weighted by atomic mass is 9.99. The van der Waals surface area contributed by atoms with Gasteiger partial charge in [-0.25, -0.2) is 0 Å². The first kappa shape index (κ1) is 23.2. The van der Waals surface area contributed by atoms with Gasteiger partial charge in [0.05, 0.1) is 18.0 Å². The molecule has 1 fully saturated rings. The summed E-state index contributed by atoms with van der Waals surface area (Å²) >= 11 is 7.76. The molecule has 0 saturated carbocycles. The second-order valence-corrected chi connectivity index (χ2v) is 10.5. The number of rotatable bonds is 5. The van der Waals surface area contributed by atoms with E-state index in [1.165, 1.54) is 24.2 Å². The zero-order valence-corrected chi connectivity index (χ0v) is 20.9. The van der Waals surface area contributed by atoms with E-state index in [2.05, 4.69) is 18.0 Å². The number of hydrogen-bond donors (Lipinski definition) is 0. The van der Waals surface area contributed by atoms with Crippen molar-refractivity contribution < 1.29 is 14.3 Å². The van der Waals surface area contributed by atoms with Crippen LogP contribution < -0.4 is 9.47 Å². The SMILES string of the molecule is CN1CCCC(COc2cc(-c3cccc(Cl)c3)cc3c2OCCN(C(=O)c2cccs2)C3)C1. The van der Waals surface area contributed by atoms with Crippen molar-refractivity contribution in [1.82, 2.24) is 9.80 Å². The zero-order valence-electron chi connectivity index (χ0n) is 19.3. The summed E-state index contributed by atoms with van der Waals surface area (Å²) in [6.07, 6.45) is 2.37. The second kappa shape index (κ2) is 10.4. The molecular weight excluding hydrogens is 468 g/mol. The van der Waals surface area contributed by atoms with Crippen molar-refractivity contribution in [3.05, 3.63) is 69.4 Å². The number of nitrogens with zero attached hydrogens (tertiary/aromatic N) is 2. The third-order valence-corrected chi connectivity index (χ3v) is 7.57. The van der Waals surface area contributed by atoms with Crippen LogP contribution in [0.1, 0.15) is 28.1 Å². The molecule has 2 aromatic carbocycles. The van der Waals surface area contributed by atoms with Crippen molar-refractivity contribution in [3.8, 4) is 22.6 Å². The fraction of sp³-hybridized carbons (Fsp3) is 0.370. The van der Waals surface area contributed by atoms with Crippen LogP contribution >= 0.6 is 22.9 Å². The summed E-state index contributed by atoms with van der Waals surface area (Å²) in [5.41, 5.74) is 2.97. The normalized spacial score (nSPS) is 18.6. The van der Waals surface area contributed by atoms with Crippen LogP contribution in [-0.2, 0) is 6.54 Å². The highest BCUT2D eigenvalue weighted by molar-refractivity contribution is 7.12. The Morgan fingerprint density at radius 1 is 1.18 bits per heavy atom. The summed E-state index contributed by atoms with van der Waals surface area (Å²) < 4.78 is 12.6. The molecule has 3 heterocycles. The van der Waals surface area contributed by atoms with E-state index < -0.39 is 0 Å². The Hall–Kier alpha value is -2.54. The van der Waals surface area contributed by atoms with Crippen molar-refractivity contribution in [3.63, 3.8) is 0 Å². The molecule has 5 nitrogen and oxygen atoms in total. The number of carbonyl (C=O) groups is 1. The van der Waals surface area contributed by atoms with E-state index in [9.17, 15) is 4.79 Å². The van der Waals surface area contributed by atoms with Crippen LogP contribution in [0.4, 0.5) is 0 Å². The van der Waals surface area contributed by atoms with Crippen molar-refractivity contribution >= 4 is 28.8 Å². The zero-order chi connectivity index (χ0) is 23.5. The Labute approximate surface area is 209 Å². The predicted octanol–water partition coefficient (Wildman–Crippen LogP) is 5.82. The van der Waals surface area contributed by atoms with Gasteiger partial charge < -0.3 is 19.3 Å². The monoisotopic (exact) mass is 496 g/mol. The van der Waals surface area contributed by atoms with Crippen molar-refractivity contribution in [2.75, 3.05) is 39.9 Å². The molecule has 34 heavy (non-hydrogen) atoms. The second-order valence-electron chi connectivity index (χ2n) is 9.11. The van der Waals surface area contributed by atoms with Crippen molar-refractivity contribution in [2.45, 2.75) is 19.4 Å². The maximum atomic E-state index is 13.1. The van der Waals surface area contributed by atoms with Gasteiger partial charge in [0.15, 0.2) is 11.5 Å². The van der Waals surface area contributed by atoms with Crippen LogP contribution in [0.25, 0.3) is 11.1 Å². The third kappa shape index (κ3) is 5.24. The smallest absolute Gasteiger partial charge is 0.264 e. The number of piperidine rings is 1.